The molecule has 1 saturated carbocycles. The summed E-state index contributed by atoms with van der Waals surface area (Å²) in [5.41, 5.74) is 1.20. The summed E-state index contributed by atoms with van der Waals surface area (Å²) in [5.74, 6) is 0.569. The van der Waals surface area contributed by atoms with Crippen molar-refractivity contribution in [1.82, 2.24) is 4.72 Å². The van der Waals surface area contributed by atoms with E-state index in [1.807, 2.05) is 6.07 Å². The molecule has 4 nitrogen and oxygen atoms in total. The average Bonchev–Trinajstić information content (AvgIpc) is 2.38. The Morgan fingerprint density at radius 2 is 2.10 bits per heavy atom. The first-order valence-electron chi connectivity index (χ1n) is 6.95. The fraction of sp³-hybridized carbons (Fsp3) is 0.533. The second-order valence-electron chi connectivity index (χ2n) is 5.68. The van der Waals surface area contributed by atoms with E-state index in [-0.39, 0.29) is 10.9 Å². The number of hydrogen-bond acceptors (Lipinski definition) is 3. The first-order valence-corrected chi connectivity index (χ1v) is 8.44. The number of nitrogens with zero attached hydrogens (tertiary/aromatic N) is 1. The van der Waals surface area contributed by atoms with Crippen LogP contribution in [0.4, 0.5) is 0 Å². The molecule has 0 saturated heterocycles. The summed E-state index contributed by atoms with van der Waals surface area (Å²) < 4.78 is 27.5. The largest absolute Gasteiger partial charge is 0.240 e. The highest BCUT2D eigenvalue weighted by molar-refractivity contribution is 7.89. The van der Waals surface area contributed by atoms with E-state index in [1.165, 1.54) is 12.5 Å². The Balaban J connectivity index is 2.18. The van der Waals surface area contributed by atoms with E-state index in [9.17, 15) is 8.42 Å². The van der Waals surface area contributed by atoms with Crippen LogP contribution in [0.5, 0.6) is 0 Å². The zero-order chi connectivity index (χ0) is 14.8. The molecule has 1 fully saturated rings. The van der Waals surface area contributed by atoms with Crippen LogP contribution in [0.2, 0.25) is 0 Å². The van der Waals surface area contributed by atoms with E-state index in [2.05, 4.69) is 11.6 Å². The lowest BCUT2D eigenvalue weighted by atomic mass is 9.88. The highest BCUT2D eigenvalue weighted by Gasteiger charge is 2.24. The van der Waals surface area contributed by atoms with E-state index in [1.54, 1.807) is 19.1 Å². The molecule has 108 valence electrons. The molecule has 0 bridgehead atoms. The summed E-state index contributed by atoms with van der Waals surface area (Å²) in [6.45, 7) is 3.91. The maximum Gasteiger partial charge on any atom is 0.240 e. The monoisotopic (exact) mass is 292 g/mol. The molecule has 1 aliphatic carbocycles. The van der Waals surface area contributed by atoms with Crippen molar-refractivity contribution in [2.75, 3.05) is 0 Å². The van der Waals surface area contributed by atoms with Gasteiger partial charge in [-0.3, -0.25) is 0 Å². The summed E-state index contributed by atoms with van der Waals surface area (Å²) in [6.07, 6.45) is 4.04. The molecule has 5 heteroatoms. The van der Waals surface area contributed by atoms with Crippen molar-refractivity contribution in [3.05, 3.63) is 29.3 Å². The van der Waals surface area contributed by atoms with Gasteiger partial charge < -0.3 is 0 Å². The first kappa shape index (κ1) is 15.0. The van der Waals surface area contributed by atoms with E-state index >= 15 is 0 Å². The van der Waals surface area contributed by atoms with Gasteiger partial charge in [0.2, 0.25) is 10.0 Å². The van der Waals surface area contributed by atoms with Crippen LogP contribution >= 0.6 is 0 Å². The molecule has 1 aromatic rings. The van der Waals surface area contributed by atoms with Crippen molar-refractivity contribution in [3.8, 4) is 6.07 Å². The Bertz CT molecular complexity index is 632. The Morgan fingerprint density at radius 3 is 2.70 bits per heavy atom. The molecule has 1 aromatic carbocycles. The Kier molecular flexibility index (Phi) is 4.46. The maximum absolute atomic E-state index is 12.4. The SMILES string of the molecule is Cc1cc(S(=O)(=O)NC2CCCC(C)C2)ccc1C#N. The molecule has 0 aromatic heterocycles. The summed E-state index contributed by atoms with van der Waals surface area (Å²) in [7, 11) is -3.49. The summed E-state index contributed by atoms with van der Waals surface area (Å²) in [5, 5.41) is 8.89. The van der Waals surface area contributed by atoms with Gasteiger partial charge in [-0.05, 0) is 49.4 Å². The molecule has 0 spiro atoms. The third-order valence-electron chi connectivity index (χ3n) is 3.89. The van der Waals surface area contributed by atoms with E-state index in [0.29, 0.717) is 17.0 Å². The standard InChI is InChI=1S/C15H20N2O2S/c1-11-4-3-5-14(8-11)17-20(18,19)15-7-6-13(10-16)12(2)9-15/h6-7,9,11,14,17H,3-5,8H2,1-2H3. The smallest absolute Gasteiger partial charge is 0.208 e. The van der Waals surface area contributed by atoms with Gasteiger partial charge >= 0.3 is 0 Å². The van der Waals surface area contributed by atoms with Crippen LogP contribution in [0.25, 0.3) is 0 Å². The van der Waals surface area contributed by atoms with Gasteiger partial charge in [0.05, 0.1) is 16.5 Å². The minimum absolute atomic E-state index is 0.0275. The van der Waals surface area contributed by atoms with Gasteiger partial charge in [0, 0.05) is 6.04 Å². The maximum atomic E-state index is 12.4. The molecule has 0 heterocycles. The molecular weight excluding hydrogens is 272 g/mol. The third kappa shape index (κ3) is 3.38. The number of aryl methyl sites for hydroxylation is 1. The van der Waals surface area contributed by atoms with Crippen molar-refractivity contribution in [1.29, 1.82) is 5.26 Å². The summed E-state index contributed by atoms with van der Waals surface area (Å²) in [6, 6.07) is 6.70. The van der Waals surface area contributed by atoms with Crippen LogP contribution < -0.4 is 4.72 Å². The lowest BCUT2D eigenvalue weighted by Gasteiger charge is -2.27. The number of rotatable bonds is 3. The van der Waals surface area contributed by atoms with E-state index < -0.39 is 10.0 Å². The fourth-order valence-electron chi connectivity index (χ4n) is 2.76. The predicted molar refractivity (Wildman–Crippen MR) is 77.6 cm³/mol. The molecule has 0 radical (unpaired) electrons. The lowest BCUT2D eigenvalue weighted by molar-refractivity contribution is 0.327. The molecule has 2 rings (SSSR count). The molecule has 1 N–H and O–H groups in total. The van der Waals surface area contributed by atoms with E-state index in [4.69, 9.17) is 5.26 Å². The zero-order valence-corrected chi connectivity index (χ0v) is 12.7. The second kappa shape index (κ2) is 5.94. The fourth-order valence-corrected chi connectivity index (χ4v) is 4.13. The van der Waals surface area contributed by atoms with Gasteiger partial charge in [-0.15, -0.1) is 0 Å². The van der Waals surface area contributed by atoms with Crippen molar-refractivity contribution in [2.45, 2.75) is 50.5 Å². The Labute approximate surface area is 120 Å². The zero-order valence-electron chi connectivity index (χ0n) is 11.9. The van der Waals surface area contributed by atoms with Crippen LogP contribution in [0.15, 0.2) is 23.1 Å². The normalized spacial score (nSPS) is 23.2. The van der Waals surface area contributed by atoms with Crippen molar-refractivity contribution in [3.63, 3.8) is 0 Å². The third-order valence-corrected chi connectivity index (χ3v) is 5.41. The molecule has 2 atom stereocenters. The van der Waals surface area contributed by atoms with Crippen LogP contribution in [0.1, 0.15) is 43.7 Å². The number of hydrogen-bond donors (Lipinski definition) is 1. The van der Waals surface area contributed by atoms with Gasteiger partial charge in [0.25, 0.3) is 0 Å². The molecular formula is C15H20N2O2S. The topological polar surface area (TPSA) is 70.0 Å². The first-order chi connectivity index (χ1) is 9.42. The van der Waals surface area contributed by atoms with Gasteiger partial charge in [-0.2, -0.15) is 5.26 Å². The Hall–Kier alpha value is -1.38. The van der Waals surface area contributed by atoms with E-state index in [0.717, 1.165) is 19.3 Å². The van der Waals surface area contributed by atoms with Crippen LogP contribution in [-0.2, 0) is 10.0 Å². The lowest BCUT2D eigenvalue weighted by Crippen LogP contribution is -2.37. The highest BCUT2D eigenvalue weighted by atomic mass is 32.2. The molecule has 20 heavy (non-hydrogen) atoms. The Morgan fingerprint density at radius 1 is 1.35 bits per heavy atom. The highest BCUT2D eigenvalue weighted by Crippen LogP contribution is 2.25. The molecule has 2 unspecified atom stereocenters. The minimum Gasteiger partial charge on any atom is -0.208 e. The predicted octanol–water partition coefficient (Wildman–Crippen LogP) is 2.72. The molecule has 1 aliphatic rings. The number of nitrogens with one attached hydrogen (secondary N) is 1. The van der Waals surface area contributed by atoms with Crippen LogP contribution in [-0.4, -0.2) is 14.5 Å². The molecule has 0 aliphatic heterocycles. The van der Waals surface area contributed by atoms with Crippen molar-refractivity contribution < 1.29 is 8.42 Å². The minimum atomic E-state index is -3.49. The van der Waals surface area contributed by atoms with Crippen molar-refractivity contribution >= 4 is 10.0 Å². The summed E-state index contributed by atoms with van der Waals surface area (Å²) in [4.78, 5) is 0.243. The average molecular weight is 292 g/mol. The van der Waals surface area contributed by atoms with Gasteiger partial charge in [-0.25, -0.2) is 13.1 Å². The number of benzene rings is 1. The molecule has 0 amide bonds. The number of nitriles is 1. The summed E-state index contributed by atoms with van der Waals surface area (Å²) >= 11 is 0. The van der Waals surface area contributed by atoms with Gasteiger partial charge in [-0.1, -0.05) is 19.8 Å². The van der Waals surface area contributed by atoms with Gasteiger partial charge in [0.15, 0.2) is 0 Å². The van der Waals surface area contributed by atoms with Crippen LogP contribution in [0.3, 0.4) is 0 Å². The van der Waals surface area contributed by atoms with Crippen LogP contribution in [0, 0.1) is 24.2 Å². The van der Waals surface area contributed by atoms with Gasteiger partial charge in [0.1, 0.15) is 0 Å². The van der Waals surface area contributed by atoms with Crippen molar-refractivity contribution in [2.24, 2.45) is 5.92 Å². The quantitative estimate of drug-likeness (QED) is 0.931. The number of sulfonamides is 1. The second-order valence-corrected chi connectivity index (χ2v) is 7.39.